The van der Waals surface area contributed by atoms with Gasteiger partial charge in [-0.25, -0.2) is 8.42 Å². The summed E-state index contributed by atoms with van der Waals surface area (Å²) in [5, 5.41) is 6.88. The van der Waals surface area contributed by atoms with Gasteiger partial charge in [-0.1, -0.05) is 0 Å². The summed E-state index contributed by atoms with van der Waals surface area (Å²) < 4.78 is 28.1. The molecule has 0 bridgehead atoms. The predicted octanol–water partition coefficient (Wildman–Crippen LogP) is -0.291. The molecule has 2 saturated heterocycles. The van der Waals surface area contributed by atoms with Crippen LogP contribution in [-0.4, -0.2) is 47.5 Å². The van der Waals surface area contributed by atoms with Crippen LogP contribution in [0.15, 0.2) is 17.3 Å². The second-order valence-electron chi connectivity index (χ2n) is 5.47. The number of carbonyl (C=O) groups excluding carboxylic acids is 1. The Kier molecular flexibility index (Phi) is 3.29. The first-order valence-electron chi connectivity index (χ1n) is 6.75. The molecule has 1 aromatic rings. The van der Waals surface area contributed by atoms with Gasteiger partial charge in [0.25, 0.3) is 0 Å². The van der Waals surface area contributed by atoms with Crippen LogP contribution in [0.1, 0.15) is 19.3 Å². The molecule has 2 aliphatic rings. The molecule has 20 heavy (non-hydrogen) atoms. The van der Waals surface area contributed by atoms with E-state index >= 15 is 0 Å². The van der Waals surface area contributed by atoms with Gasteiger partial charge in [0.1, 0.15) is 4.90 Å². The highest BCUT2D eigenvalue weighted by molar-refractivity contribution is 7.89. The Morgan fingerprint density at radius 3 is 2.90 bits per heavy atom. The number of nitrogens with one attached hydrogen (secondary N) is 1. The number of fused-ring (bicyclic) bond motifs is 1. The summed E-state index contributed by atoms with van der Waals surface area (Å²) in [7, 11) is -1.77. The summed E-state index contributed by atoms with van der Waals surface area (Å²) >= 11 is 0. The summed E-state index contributed by atoms with van der Waals surface area (Å²) in [5.41, 5.74) is 0. The minimum Gasteiger partial charge on any atom is -0.353 e. The Morgan fingerprint density at radius 2 is 2.20 bits per heavy atom. The quantitative estimate of drug-likeness (QED) is 0.813. The van der Waals surface area contributed by atoms with Crippen molar-refractivity contribution in [2.45, 2.75) is 30.2 Å². The van der Waals surface area contributed by atoms with Crippen LogP contribution < -0.4 is 5.32 Å². The summed E-state index contributed by atoms with van der Waals surface area (Å²) in [6, 6.07) is 0.122. The van der Waals surface area contributed by atoms with Crippen LogP contribution in [0, 0.1) is 5.92 Å². The molecular formula is C12H18N4O3S. The van der Waals surface area contributed by atoms with Crippen LogP contribution in [-0.2, 0) is 21.9 Å². The molecule has 3 heterocycles. The van der Waals surface area contributed by atoms with Crippen molar-refractivity contribution in [3.63, 3.8) is 0 Å². The highest BCUT2D eigenvalue weighted by Gasteiger charge is 2.38. The molecule has 0 aromatic carbocycles. The monoisotopic (exact) mass is 298 g/mol. The van der Waals surface area contributed by atoms with Gasteiger partial charge in [-0.05, 0) is 18.8 Å². The predicted molar refractivity (Wildman–Crippen MR) is 71.2 cm³/mol. The lowest BCUT2D eigenvalue weighted by Crippen LogP contribution is -2.54. The first-order chi connectivity index (χ1) is 9.46. The van der Waals surface area contributed by atoms with E-state index in [0.717, 1.165) is 6.42 Å². The summed E-state index contributed by atoms with van der Waals surface area (Å²) in [6.07, 6.45) is 4.82. The molecule has 1 N–H and O–H groups in total. The Balaban J connectivity index is 1.77. The molecule has 0 saturated carbocycles. The molecule has 2 fully saturated rings. The number of piperidine rings is 2. The van der Waals surface area contributed by atoms with Crippen LogP contribution >= 0.6 is 0 Å². The second-order valence-corrected chi connectivity index (χ2v) is 7.41. The van der Waals surface area contributed by atoms with Crippen molar-refractivity contribution in [1.29, 1.82) is 0 Å². The smallest absolute Gasteiger partial charge is 0.246 e. The maximum Gasteiger partial charge on any atom is 0.246 e. The van der Waals surface area contributed by atoms with Crippen molar-refractivity contribution in [2.75, 3.05) is 13.1 Å². The van der Waals surface area contributed by atoms with Gasteiger partial charge in [-0.3, -0.25) is 9.48 Å². The van der Waals surface area contributed by atoms with Gasteiger partial charge in [-0.15, -0.1) is 0 Å². The van der Waals surface area contributed by atoms with Crippen LogP contribution in [0.4, 0.5) is 0 Å². The lowest BCUT2D eigenvalue weighted by Gasteiger charge is -2.40. The average Bonchev–Trinajstić information content (AvgIpc) is 2.85. The summed E-state index contributed by atoms with van der Waals surface area (Å²) in [5.74, 6) is 0.294. The Hall–Kier alpha value is -1.41. The molecule has 1 amide bonds. The van der Waals surface area contributed by atoms with Crippen molar-refractivity contribution in [3.05, 3.63) is 12.4 Å². The highest BCUT2D eigenvalue weighted by atomic mass is 32.2. The maximum absolute atomic E-state index is 12.5. The van der Waals surface area contributed by atoms with E-state index < -0.39 is 10.0 Å². The van der Waals surface area contributed by atoms with E-state index in [0.29, 0.717) is 25.9 Å². The Morgan fingerprint density at radius 1 is 1.40 bits per heavy atom. The third kappa shape index (κ3) is 2.33. The van der Waals surface area contributed by atoms with Gasteiger partial charge in [0.2, 0.25) is 15.9 Å². The molecular weight excluding hydrogens is 280 g/mol. The van der Waals surface area contributed by atoms with Crippen LogP contribution in [0.5, 0.6) is 0 Å². The number of nitrogens with zero attached hydrogens (tertiary/aromatic N) is 3. The zero-order valence-electron chi connectivity index (χ0n) is 11.3. The largest absolute Gasteiger partial charge is 0.353 e. The molecule has 110 valence electrons. The first-order valence-corrected chi connectivity index (χ1v) is 8.19. The SMILES string of the molecule is Cn1cc(S(=O)(=O)N2CCC3NC(=O)CCC3C2)cn1. The zero-order valence-corrected chi connectivity index (χ0v) is 12.1. The summed E-state index contributed by atoms with van der Waals surface area (Å²) in [4.78, 5) is 11.6. The van der Waals surface area contributed by atoms with Crippen LogP contribution in [0.3, 0.4) is 0 Å². The number of aryl methyl sites for hydroxylation is 1. The van der Waals surface area contributed by atoms with Gasteiger partial charge < -0.3 is 5.32 Å². The minimum absolute atomic E-state index is 0.0785. The fourth-order valence-corrected chi connectivity index (χ4v) is 4.47. The fraction of sp³-hybridized carbons (Fsp3) is 0.667. The number of amides is 1. The van der Waals surface area contributed by atoms with Crippen molar-refractivity contribution >= 4 is 15.9 Å². The van der Waals surface area contributed by atoms with Crippen molar-refractivity contribution in [1.82, 2.24) is 19.4 Å². The van der Waals surface area contributed by atoms with Crippen LogP contribution in [0.2, 0.25) is 0 Å². The van der Waals surface area contributed by atoms with E-state index in [1.165, 1.54) is 21.4 Å². The normalized spacial score (nSPS) is 27.9. The first kappa shape index (κ1) is 13.6. The number of aromatic nitrogens is 2. The van der Waals surface area contributed by atoms with E-state index in [9.17, 15) is 13.2 Å². The standard InChI is InChI=1S/C12H18N4O3S/c1-15-8-10(6-13-15)20(18,19)16-5-4-11-9(7-16)2-3-12(17)14-11/h6,8-9,11H,2-5,7H2,1H3,(H,14,17). The molecule has 2 aliphatic heterocycles. The molecule has 2 unspecified atom stereocenters. The highest BCUT2D eigenvalue weighted by Crippen LogP contribution is 2.28. The third-order valence-electron chi connectivity index (χ3n) is 4.10. The molecule has 7 nitrogen and oxygen atoms in total. The van der Waals surface area contributed by atoms with E-state index in [4.69, 9.17) is 0 Å². The molecule has 1 aromatic heterocycles. The number of sulfonamides is 1. The number of carbonyl (C=O) groups is 1. The number of hydrogen-bond acceptors (Lipinski definition) is 4. The minimum atomic E-state index is -3.47. The number of rotatable bonds is 2. The molecule has 2 atom stereocenters. The van der Waals surface area contributed by atoms with E-state index in [1.807, 2.05) is 0 Å². The Bertz CT molecular complexity index is 624. The lowest BCUT2D eigenvalue weighted by molar-refractivity contribution is -0.124. The van der Waals surface area contributed by atoms with Crippen molar-refractivity contribution in [3.8, 4) is 0 Å². The topological polar surface area (TPSA) is 84.3 Å². The molecule has 0 radical (unpaired) electrons. The van der Waals surface area contributed by atoms with E-state index in [1.54, 1.807) is 7.05 Å². The van der Waals surface area contributed by atoms with E-state index in [-0.39, 0.29) is 22.8 Å². The van der Waals surface area contributed by atoms with Gasteiger partial charge in [0, 0.05) is 38.8 Å². The van der Waals surface area contributed by atoms with Gasteiger partial charge >= 0.3 is 0 Å². The van der Waals surface area contributed by atoms with Gasteiger partial charge in [0.05, 0.1) is 6.20 Å². The average molecular weight is 298 g/mol. The maximum atomic E-state index is 12.5. The molecule has 0 aliphatic carbocycles. The van der Waals surface area contributed by atoms with E-state index in [2.05, 4.69) is 10.4 Å². The summed E-state index contributed by atoms with van der Waals surface area (Å²) in [6.45, 7) is 0.918. The number of hydrogen-bond donors (Lipinski definition) is 1. The molecule has 3 rings (SSSR count). The third-order valence-corrected chi connectivity index (χ3v) is 5.92. The zero-order chi connectivity index (χ0) is 14.3. The molecule has 0 spiro atoms. The Labute approximate surface area is 118 Å². The van der Waals surface area contributed by atoms with Gasteiger partial charge in [0.15, 0.2) is 0 Å². The fourth-order valence-electron chi connectivity index (χ4n) is 2.98. The van der Waals surface area contributed by atoms with Crippen molar-refractivity contribution < 1.29 is 13.2 Å². The molecule has 8 heteroatoms. The second kappa shape index (κ2) is 4.85. The van der Waals surface area contributed by atoms with Gasteiger partial charge in [-0.2, -0.15) is 9.40 Å². The lowest BCUT2D eigenvalue weighted by atomic mass is 9.86. The van der Waals surface area contributed by atoms with Crippen molar-refractivity contribution in [2.24, 2.45) is 13.0 Å². The van der Waals surface area contributed by atoms with Crippen LogP contribution in [0.25, 0.3) is 0 Å².